The van der Waals surface area contributed by atoms with Crippen LogP contribution >= 0.6 is 0 Å². The van der Waals surface area contributed by atoms with E-state index in [4.69, 9.17) is 4.42 Å². The van der Waals surface area contributed by atoms with E-state index in [1.807, 2.05) is 19.1 Å². The van der Waals surface area contributed by atoms with Gasteiger partial charge in [-0.1, -0.05) is 19.1 Å². The van der Waals surface area contributed by atoms with Gasteiger partial charge in [0.1, 0.15) is 5.76 Å². The Kier molecular flexibility index (Phi) is 3.80. The van der Waals surface area contributed by atoms with Crippen molar-refractivity contribution in [2.75, 3.05) is 13.1 Å². The molecule has 4 nitrogen and oxygen atoms in total. The van der Waals surface area contributed by atoms with E-state index in [1.54, 1.807) is 6.26 Å². The molecule has 4 heteroatoms. The van der Waals surface area contributed by atoms with E-state index in [2.05, 4.69) is 29.7 Å². The lowest BCUT2D eigenvalue weighted by Crippen LogP contribution is -2.32. The van der Waals surface area contributed by atoms with Crippen LogP contribution < -0.4 is 10.6 Å². The lowest BCUT2D eigenvalue weighted by atomic mass is 9.93. The first kappa shape index (κ1) is 13.9. The van der Waals surface area contributed by atoms with E-state index < -0.39 is 0 Å². The number of furan rings is 1. The van der Waals surface area contributed by atoms with Gasteiger partial charge in [-0.2, -0.15) is 0 Å². The fraction of sp³-hybridized carbons (Fsp3) is 0.353. The number of amides is 1. The van der Waals surface area contributed by atoms with Crippen molar-refractivity contribution in [3.63, 3.8) is 0 Å². The summed E-state index contributed by atoms with van der Waals surface area (Å²) in [5.41, 5.74) is 4.10. The van der Waals surface area contributed by atoms with Gasteiger partial charge in [0, 0.05) is 17.7 Å². The van der Waals surface area contributed by atoms with Crippen molar-refractivity contribution in [3.05, 3.63) is 58.5 Å². The number of rotatable bonds is 4. The largest absolute Gasteiger partial charge is 0.469 e. The molecule has 2 heterocycles. The summed E-state index contributed by atoms with van der Waals surface area (Å²) in [6, 6.07) is 8.26. The topological polar surface area (TPSA) is 54.3 Å². The number of carbonyl (C=O) groups is 1. The highest BCUT2D eigenvalue weighted by Crippen LogP contribution is 2.26. The van der Waals surface area contributed by atoms with Gasteiger partial charge in [0.05, 0.1) is 12.3 Å². The second kappa shape index (κ2) is 5.74. The van der Waals surface area contributed by atoms with Crippen LogP contribution in [0.15, 0.2) is 34.9 Å². The predicted molar refractivity (Wildman–Crippen MR) is 81.4 cm³/mol. The molecule has 1 amide bonds. The maximum atomic E-state index is 12.0. The van der Waals surface area contributed by atoms with Gasteiger partial charge < -0.3 is 15.1 Å². The van der Waals surface area contributed by atoms with Crippen molar-refractivity contribution < 1.29 is 9.21 Å². The lowest BCUT2D eigenvalue weighted by molar-refractivity contribution is 0.0946. The fourth-order valence-electron chi connectivity index (χ4n) is 2.86. The molecule has 1 aliphatic rings. The van der Waals surface area contributed by atoms with Crippen molar-refractivity contribution in [1.82, 2.24) is 10.6 Å². The highest BCUT2D eigenvalue weighted by Gasteiger charge is 2.21. The summed E-state index contributed by atoms with van der Waals surface area (Å²) in [6.45, 7) is 5.58. The number of hydrogen-bond donors (Lipinski definition) is 2. The Morgan fingerprint density at radius 3 is 2.90 bits per heavy atom. The molecule has 0 spiro atoms. The van der Waals surface area contributed by atoms with Crippen LogP contribution in [0.5, 0.6) is 0 Å². The van der Waals surface area contributed by atoms with E-state index in [1.165, 1.54) is 0 Å². The Morgan fingerprint density at radius 2 is 2.19 bits per heavy atom. The van der Waals surface area contributed by atoms with Gasteiger partial charge >= 0.3 is 0 Å². The van der Waals surface area contributed by atoms with Crippen LogP contribution in [0.25, 0.3) is 0 Å². The molecule has 1 unspecified atom stereocenters. The molecule has 110 valence electrons. The number of nitrogens with one attached hydrogen (secondary N) is 2. The zero-order valence-corrected chi connectivity index (χ0v) is 12.4. The Morgan fingerprint density at radius 1 is 1.33 bits per heavy atom. The summed E-state index contributed by atoms with van der Waals surface area (Å²) in [4.78, 5) is 12.0. The molecule has 2 N–H and O–H groups in total. The monoisotopic (exact) mass is 284 g/mol. The minimum atomic E-state index is 0.0247. The fourth-order valence-corrected chi connectivity index (χ4v) is 2.86. The Hall–Kier alpha value is -2.07. The highest BCUT2D eigenvalue weighted by atomic mass is 16.3. The molecule has 3 rings (SSSR count). The molecule has 1 atom stereocenters. The molecule has 0 fully saturated rings. The average molecular weight is 284 g/mol. The Labute approximate surface area is 124 Å². The van der Waals surface area contributed by atoms with Crippen LogP contribution in [0.2, 0.25) is 0 Å². The second-order valence-electron chi connectivity index (χ2n) is 5.40. The van der Waals surface area contributed by atoms with Crippen LogP contribution in [0.3, 0.4) is 0 Å². The van der Waals surface area contributed by atoms with Gasteiger partial charge in [-0.05, 0) is 43.1 Å². The van der Waals surface area contributed by atoms with Gasteiger partial charge in [0.25, 0.3) is 5.91 Å². The molecule has 0 bridgehead atoms. The summed E-state index contributed by atoms with van der Waals surface area (Å²) in [7, 11) is 0. The van der Waals surface area contributed by atoms with Crippen LogP contribution in [0.1, 0.15) is 45.8 Å². The Bertz CT molecular complexity index is 661. The van der Waals surface area contributed by atoms with Crippen LogP contribution in [0.4, 0.5) is 0 Å². The molecular weight excluding hydrogens is 264 g/mol. The average Bonchev–Trinajstić information content (AvgIpc) is 2.91. The smallest absolute Gasteiger partial charge is 0.251 e. The third-order valence-electron chi connectivity index (χ3n) is 3.88. The van der Waals surface area contributed by atoms with Crippen molar-refractivity contribution in [2.24, 2.45) is 0 Å². The second-order valence-corrected chi connectivity index (χ2v) is 5.40. The SMILES string of the molecule is CCNC(c1coc(C)c1)c1ccc2c(c1)C(=O)NCC2. The van der Waals surface area contributed by atoms with Gasteiger partial charge in [-0.15, -0.1) is 0 Å². The van der Waals surface area contributed by atoms with Crippen LogP contribution in [-0.2, 0) is 6.42 Å². The van der Waals surface area contributed by atoms with Crippen molar-refractivity contribution >= 4 is 5.91 Å². The van der Waals surface area contributed by atoms with Gasteiger partial charge in [0.15, 0.2) is 0 Å². The van der Waals surface area contributed by atoms with E-state index in [9.17, 15) is 4.79 Å². The molecule has 0 saturated carbocycles. The zero-order chi connectivity index (χ0) is 14.8. The van der Waals surface area contributed by atoms with E-state index >= 15 is 0 Å². The molecule has 0 aliphatic carbocycles. The van der Waals surface area contributed by atoms with Crippen molar-refractivity contribution in [1.29, 1.82) is 0 Å². The first-order chi connectivity index (χ1) is 10.2. The molecular formula is C17H20N2O2. The molecule has 1 aliphatic heterocycles. The number of benzene rings is 1. The summed E-state index contributed by atoms with van der Waals surface area (Å²) >= 11 is 0. The highest BCUT2D eigenvalue weighted by molar-refractivity contribution is 5.96. The quantitative estimate of drug-likeness (QED) is 0.907. The first-order valence-electron chi connectivity index (χ1n) is 7.38. The molecule has 0 radical (unpaired) electrons. The number of aryl methyl sites for hydroxylation is 1. The number of carbonyl (C=O) groups excluding carboxylic acids is 1. The minimum absolute atomic E-state index is 0.0247. The third kappa shape index (κ3) is 2.72. The number of hydrogen-bond acceptors (Lipinski definition) is 3. The molecule has 0 saturated heterocycles. The van der Waals surface area contributed by atoms with Gasteiger partial charge in [0.2, 0.25) is 0 Å². The zero-order valence-electron chi connectivity index (χ0n) is 12.4. The number of fused-ring (bicyclic) bond motifs is 1. The third-order valence-corrected chi connectivity index (χ3v) is 3.88. The van der Waals surface area contributed by atoms with Crippen molar-refractivity contribution in [3.8, 4) is 0 Å². The van der Waals surface area contributed by atoms with E-state index in [0.717, 1.165) is 47.5 Å². The predicted octanol–water partition coefficient (Wildman–Crippen LogP) is 2.57. The maximum Gasteiger partial charge on any atom is 0.251 e. The van der Waals surface area contributed by atoms with Gasteiger partial charge in [-0.25, -0.2) is 0 Å². The summed E-state index contributed by atoms with van der Waals surface area (Å²) in [5, 5.41) is 6.36. The summed E-state index contributed by atoms with van der Waals surface area (Å²) in [5.74, 6) is 0.917. The normalized spacial score (nSPS) is 15.4. The van der Waals surface area contributed by atoms with Gasteiger partial charge in [-0.3, -0.25) is 4.79 Å². The molecule has 1 aromatic carbocycles. The molecule has 1 aromatic heterocycles. The Balaban J connectivity index is 2.00. The van der Waals surface area contributed by atoms with Crippen LogP contribution in [0, 0.1) is 6.92 Å². The first-order valence-corrected chi connectivity index (χ1v) is 7.38. The summed E-state index contributed by atoms with van der Waals surface area (Å²) in [6.07, 6.45) is 2.68. The van der Waals surface area contributed by atoms with E-state index in [-0.39, 0.29) is 11.9 Å². The van der Waals surface area contributed by atoms with Crippen molar-refractivity contribution in [2.45, 2.75) is 26.3 Å². The lowest BCUT2D eigenvalue weighted by Gasteiger charge is -2.21. The maximum absolute atomic E-state index is 12.0. The van der Waals surface area contributed by atoms with E-state index in [0.29, 0.717) is 0 Å². The molecule has 2 aromatic rings. The minimum Gasteiger partial charge on any atom is -0.469 e. The standard InChI is InChI=1S/C17H20N2O2/c1-3-18-16(14-8-11(2)21-10-14)13-5-4-12-6-7-19-17(20)15(12)9-13/h4-5,8-10,16,18H,3,6-7H2,1-2H3,(H,19,20). The summed E-state index contributed by atoms with van der Waals surface area (Å²) < 4.78 is 5.43. The van der Waals surface area contributed by atoms with Crippen LogP contribution in [-0.4, -0.2) is 19.0 Å². The molecule has 21 heavy (non-hydrogen) atoms.